The van der Waals surface area contributed by atoms with Gasteiger partial charge in [0.2, 0.25) is 5.91 Å². The van der Waals surface area contributed by atoms with E-state index in [4.69, 9.17) is 0 Å². The molecule has 1 amide bonds. The van der Waals surface area contributed by atoms with Crippen LogP contribution in [-0.4, -0.2) is 42.5 Å². The summed E-state index contributed by atoms with van der Waals surface area (Å²) < 4.78 is 0. The highest BCUT2D eigenvalue weighted by Gasteiger charge is 2.35. The van der Waals surface area contributed by atoms with Gasteiger partial charge in [0.15, 0.2) is 0 Å². The molecule has 1 atom stereocenters. The first kappa shape index (κ1) is 14.0. The Kier molecular flexibility index (Phi) is 5.00. The largest absolute Gasteiger partial charge is 0.385 e. The van der Waals surface area contributed by atoms with Gasteiger partial charge in [-0.05, 0) is 33.1 Å². The third-order valence-corrected chi connectivity index (χ3v) is 3.43. The third-order valence-electron chi connectivity index (χ3n) is 3.43. The summed E-state index contributed by atoms with van der Waals surface area (Å²) in [6.45, 7) is 12.1. The molecule has 0 fully saturated rings. The zero-order valence-electron chi connectivity index (χ0n) is 11.4. The molecular formula is C13H25N3O. The van der Waals surface area contributed by atoms with Crippen LogP contribution in [0.4, 0.5) is 0 Å². The number of nitrogens with zero attached hydrogens (tertiary/aromatic N) is 1. The molecular weight excluding hydrogens is 214 g/mol. The van der Waals surface area contributed by atoms with Crippen LogP contribution in [0.25, 0.3) is 0 Å². The molecule has 0 spiro atoms. The summed E-state index contributed by atoms with van der Waals surface area (Å²) in [5.41, 5.74) is -0.167. The van der Waals surface area contributed by atoms with Crippen LogP contribution in [0, 0.1) is 5.92 Å². The Morgan fingerprint density at radius 1 is 1.41 bits per heavy atom. The van der Waals surface area contributed by atoms with Crippen LogP contribution < -0.4 is 10.6 Å². The van der Waals surface area contributed by atoms with E-state index < -0.39 is 0 Å². The van der Waals surface area contributed by atoms with Crippen LogP contribution in [-0.2, 0) is 4.79 Å². The van der Waals surface area contributed by atoms with E-state index in [0.717, 1.165) is 26.2 Å². The second kappa shape index (κ2) is 6.05. The molecule has 0 bridgehead atoms. The Labute approximate surface area is 104 Å². The molecule has 98 valence electrons. The first-order valence-corrected chi connectivity index (χ1v) is 6.45. The fourth-order valence-electron chi connectivity index (χ4n) is 2.09. The average Bonchev–Trinajstić information content (AvgIpc) is 2.64. The van der Waals surface area contributed by atoms with Crippen molar-refractivity contribution in [2.24, 2.45) is 5.92 Å². The summed E-state index contributed by atoms with van der Waals surface area (Å²) in [5, 5.41) is 6.20. The number of rotatable bonds is 6. The van der Waals surface area contributed by atoms with E-state index in [1.54, 1.807) is 0 Å². The van der Waals surface area contributed by atoms with Gasteiger partial charge in [0.1, 0.15) is 0 Å². The molecule has 1 unspecified atom stereocenters. The topological polar surface area (TPSA) is 44.4 Å². The smallest absolute Gasteiger partial charge is 0.229 e. The van der Waals surface area contributed by atoms with Gasteiger partial charge >= 0.3 is 0 Å². The Hall–Kier alpha value is -1.03. The first-order valence-electron chi connectivity index (χ1n) is 6.45. The normalized spacial score (nSPS) is 21.6. The summed E-state index contributed by atoms with van der Waals surface area (Å²) >= 11 is 0. The van der Waals surface area contributed by atoms with Crippen molar-refractivity contribution in [3.8, 4) is 0 Å². The van der Waals surface area contributed by atoms with E-state index in [1.165, 1.54) is 0 Å². The Morgan fingerprint density at radius 2 is 2.06 bits per heavy atom. The lowest BCUT2D eigenvalue weighted by atomic mass is 9.89. The highest BCUT2D eigenvalue weighted by Crippen LogP contribution is 2.22. The van der Waals surface area contributed by atoms with Gasteiger partial charge in [0.05, 0.1) is 5.92 Å². The van der Waals surface area contributed by atoms with E-state index in [9.17, 15) is 4.79 Å². The monoisotopic (exact) mass is 239 g/mol. The maximum Gasteiger partial charge on any atom is 0.229 e. The maximum atomic E-state index is 12.0. The van der Waals surface area contributed by atoms with Crippen LogP contribution in [0.1, 0.15) is 27.7 Å². The Morgan fingerprint density at radius 3 is 2.53 bits per heavy atom. The predicted molar refractivity (Wildman–Crippen MR) is 70.6 cm³/mol. The summed E-state index contributed by atoms with van der Waals surface area (Å²) in [4.78, 5) is 14.3. The average molecular weight is 239 g/mol. The van der Waals surface area contributed by atoms with Crippen molar-refractivity contribution in [1.82, 2.24) is 15.5 Å². The molecule has 0 saturated heterocycles. The SMILES string of the molecule is CCN(CC)CCNC(=O)C1C=CNC1(C)C. The van der Waals surface area contributed by atoms with Crippen LogP contribution in [0.5, 0.6) is 0 Å². The highest BCUT2D eigenvalue weighted by atomic mass is 16.1. The van der Waals surface area contributed by atoms with Crippen molar-refractivity contribution in [2.75, 3.05) is 26.2 Å². The zero-order valence-corrected chi connectivity index (χ0v) is 11.4. The van der Waals surface area contributed by atoms with E-state index >= 15 is 0 Å². The molecule has 1 heterocycles. The number of carbonyl (C=O) groups is 1. The molecule has 0 aromatic rings. The molecule has 1 aliphatic heterocycles. The van der Waals surface area contributed by atoms with E-state index in [-0.39, 0.29) is 17.4 Å². The molecule has 0 aromatic carbocycles. The summed E-state index contributed by atoms with van der Waals surface area (Å²) in [5.74, 6) is 0.0441. The second-order valence-electron chi connectivity index (χ2n) is 5.02. The lowest BCUT2D eigenvalue weighted by Gasteiger charge is -2.27. The van der Waals surface area contributed by atoms with Gasteiger partial charge in [0, 0.05) is 18.6 Å². The van der Waals surface area contributed by atoms with Crippen molar-refractivity contribution in [1.29, 1.82) is 0 Å². The van der Waals surface area contributed by atoms with Crippen molar-refractivity contribution >= 4 is 5.91 Å². The zero-order chi connectivity index (χ0) is 12.9. The van der Waals surface area contributed by atoms with Gasteiger partial charge in [-0.15, -0.1) is 0 Å². The lowest BCUT2D eigenvalue weighted by molar-refractivity contribution is -0.125. The fourth-order valence-corrected chi connectivity index (χ4v) is 2.09. The minimum Gasteiger partial charge on any atom is -0.385 e. The van der Waals surface area contributed by atoms with Crippen molar-refractivity contribution in [3.05, 3.63) is 12.3 Å². The van der Waals surface area contributed by atoms with Gasteiger partial charge < -0.3 is 15.5 Å². The van der Waals surface area contributed by atoms with Crippen molar-refractivity contribution < 1.29 is 4.79 Å². The maximum absolute atomic E-state index is 12.0. The minimum absolute atomic E-state index is 0.0702. The number of amides is 1. The van der Waals surface area contributed by atoms with Gasteiger partial charge in [0.25, 0.3) is 0 Å². The molecule has 17 heavy (non-hydrogen) atoms. The molecule has 0 aromatic heterocycles. The quantitative estimate of drug-likeness (QED) is 0.725. The summed E-state index contributed by atoms with van der Waals surface area (Å²) in [7, 11) is 0. The summed E-state index contributed by atoms with van der Waals surface area (Å²) in [6.07, 6.45) is 3.81. The molecule has 4 heteroatoms. The van der Waals surface area contributed by atoms with E-state index in [1.807, 2.05) is 26.1 Å². The lowest BCUT2D eigenvalue weighted by Crippen LogP contribution is -2.47. The summed E-state index contributed by atoms with van der Waals surface area (Å²) in [6, 6.07) is 0. The molecule has 0 saturated carbocycles. The minimum atomic E-state index is -0.167. The first-order chi connectivity index (χ1) is 8.01. The number of likely N-dealkylation sites (N-methyl/N-ethyl adjacent to an activating group) is 1. The van der Waals surface area contributed by atoms with Crippen LogP contribution in [0.3, 0.4) is 0 Å². The number of carbonyl (C=O) groups excluding carboxylic acids is 1. The fraction of sp³-hybridized carbons (Fsp3) is 0.769. The standard InChI is InChI=1S/C13H25N3O/c1-5-16(6-2)10-9-14-12(17)11-7-8-15-13(11,3)4/h7-8,11,15H,5-6,9-10H2,1-4H3,(H,14,17). The van der Waals surface area contributed by atoms with Crippen LogP contribution in [0.2, 0.25) is 0 Å². The van der Waals surface area contributed by atoms with Crippen molar-refractivity contribution in [2.45, 2.75) is 33.2 Å². The van der Waals surface area contributed by atoms with Gasteiger partial charge in [-0.2, -0.15) is 0 Å². The molecule has 0 radical (unpaired) electrons. The molecule has 2 N–H and O–H groups in total. The molecule has 4 nitrogen and oxygen atoms in total. The molecule has 1 rings (SSSR count). The van der Waals surface area contributed by atoms with E-state index in [0.29, 0.717) is 0 Å². The predicted octanol–water partition coefficient (Wildman–Crippen LogP) is 0.956. The third kappa shape index (κ3) is 3.73. The Bertz CT molecular complexity index is 282. The highest BCUT2D eigenvalue weighted by molar-refractivity contribution is 5.82. The van der Waals surface area contributed by atoms with Gasteiger partial charge in [-0.1, -0.05) is 19.9 Å². The molecule has 1 aliphatic rings. The van der Waals surface area contributed by atoms with Gasteiger partial charge in [-0.3, -0.25) is 4.79 Å². The van der Waals surface area contributed by atoms with Gasteiger partial charge in [-0.25, -0.2) is 0 Å². The number of hydrogen-bond acceptors (Lipinski definition) is 3. The molecule has 0 aliphatic carbocycles. The Balaban J connectivity index is 2.33. The second-order valence-corrected chi connectivity index (χ2v) is 5.02. The number of hydrogen-bond donors (Lipinski definition) is 2. The van der Waals surface area contributed by atoms with Crippen molar-refractivity contribution in [3.63, 3.8) is 0 Å². The number of nitrogens with one attached hydrogen (secondary N) is 2. The van der Waals surface area contributed by atoms with E-state index in [2.05, 4.69) is 29.4 Å². The van der Waals surface area contributed by atoms with Crippen LogP contribution in [0.15, 0.2) is 12.3 Å². The van der Waals surface area contributed by atoms with Crippen LogP contribution >= 0.6 is 0 Å².